The van der Waals surface area contributed by atoms with Gasteiger partial charge in [-0.05, 0) is 37.8 Å². The van der Waals surface area contributed by atoms with Gasteiger partial charge in [0.05, 0.1) is 19.8 Å². The molecule has 1 aliphatic heterocycles. The minimum absolute atomic E-state index is 0.0710. The van der Waals surface area contributed by atoms with Crippen molar-refractivity contribution >= 4 is 11.9 Å². The molecule has 4 rings (SSSR count). The topological polar surface area (TPSA) is 107 Å². The van der Waals surface area contributed by atoms with Crippen molar-refractivity contribution in [1.29, 1.82) is 0 Å². The molecule has 142 valence electrons. The SMILES string of the molecule is COc1ccc(-c2noc(CN3C(=O)N[C@@](C)(C4CC4)C3=O)n2)c(OC)c1. The number of nitrogens with one attached hydrogen (secondary N) is 1. The number of imide groups is 1. The average Bonchev–Trinajstić information content (AvgIpc) is 3.40. The first kappa shape index (κ1) is 17.3. The van der Waals surface area contributed by atoms with Crippen LogP contribution in [0.4, 0.5) is 4.79 Å². The van der Waals surface area contributed by atoms with Crippen molar-refractivity contribution in [2.75, 3.05) is 14.2 Å². The van der Waals surface area contributed by atoms with E-state index >= 15 is 0 Å². The van der Waals surface area contributed by atoms with Gasteiger partial charge in [-0.15, -0.1) is 0 Å². The molecule has 1 N–H and O–H groups in total. The summed E-state index contributed by atoms with van der Waals surface area (Å²) in [6.45, 7) is 1.70. The lowest BCUT2D eigenvalue weighted by atomic mass is 9.96. The fourth-order valence-corrected chi connectivity index (χ4v) is 3.34. The van der Waals surface area contributed by atoms with Gasteiger partial charge in [-0.2, -0.15) is 4.98 Å². The third-order valence-corrected chi connectivity index (χ3v) is 5.11. The number of carbonyl (C=O) groups is 2. The number of hydrogen-bond donors (Lipinski definition) is 1. The summed E-state index contributed by atoms with van der Waals surface area (Å²) >= 11 is 0. The number of ether oxygens (including phenoxy) is 2. The Morgan fingerprint density at radius 2 is 2.07 bits per heavy atom. The van der Waals surface area contributed by atoms with Crippen molar-refractivity contribution in [1.82, 2.24) is 20.4 Å². The van der Waals surface area contributed by atoms with Crippen LogP contribution in [0.1, 0.15) is 25.7 Å². The third-order valence-electron chi connectivity index (χ3n) is 5.11. The maximum absolute atomic E-state index is 12.7. The zero-order chi connectivity index (χ0) is 19.2. The van der Waals surface area contributed by atoms with E-state index in [4.69, 9.17) is 14.0 Å². The summed E-state index contributed by atoms with van der Waals surface area (Å²) in [4.78, 5) is 30.4. The number of methoxy groups -OCH3 is 2. The Kier molecular flexibility index (Phi) is 4.01. The number of carbonyl (C=O) groups excluding carboxylic acids is 2. The third kappa shape index (κ3) is 2.88. The second-order valence-corrected chi connectivity index (χ2v) is 6.88. The van der Waals surface area contributed by atoms with Gasteiger partial charge in [0.1, 0.15) is 23.6 Å². The van der Waals surface area contributed by atoms with Crippen LogP contribution in [0, 0.1) is 5.92 Å². The number of nitrogens with zero attached hydrogens (tertiary/aromatic N) is 3. The first-order valence-corrected chi connectivity index (χ1v) is 8.65. The molecular weight excluding hydrogens is 352 g/mol. The van der Waals surface area contributed by atoms with Crippen molar-refractivity contribution in [2.24, 2.45) is 5.92 Å². The van der Waals surface area contributed by atoms with E-state index in [1.807, 2.05) is 0 Å². The predicted octanol–water partition coefficient (Wildman–Crippen LogP) is 1.97. The smallest absolute Gasteiger partial charge is 0.325 e. The molecule has 1 aliphatic carbocycles. The van der Waals surface area contributed by atoms with E-state index in [0.29, 0.717) is 22.9 Å². The molecule has 2 heterocycles. The summed E-state index contributed by atoms with van der Waals surface area (Å²) in [5.41, 5.74) is -0.215. The summed E-state index contributed by atoms with van der Waals surface area (Å²) in [6, 6.07) is 4.79. The van der Waals surface area contributed by atoms with E-state index in [9.17, 15) is 9.59 Å². The Morgan fingerprint density at radius 3 is 2.74 bits per heavy atom. The molecule has 1 saturated carbocycles. The number of hydrogen-bond acceptors (Lipinski definition) is 7. The average molecular weight is 372 g/mol. The fourth-order valence-electron chi connectivity index (χ4n) is 3.34. The zero-order valence-corrected chi connectivity index (χ0v) is 15.3. The lowest BCUT2D eigenvalue weighted by Crippen LogP contribution is -2.46. The standard InChI is InChI=1S/C18H20N4O5/c1-18(10-4-5-10)16(23)22(17(24)20-18)9-14-19-15(21-27-14)12-7-6-11(25-2)8-13(12)26-3/h6-8,10H,4-5,9H2,1-3H3,(H,20,24)/t18-/m0/s1. The second kappa shape index (κ2) is 6.26. The van der Waals surface area contributed by atoms with Crippen LogP contribution in [-0.2, 0) is 11.3 Å². The molecule has 2 aliphatic rings. The normalized spacial score (nSPS) is 22.1. The molecule has 1 saturated heterocycles. The molecular formula is C18H20N4O5. The molecule has 1 atom stereocenters. The van der Waals surface area contributed by atoms with Crippen LogP contribution in [0.25, 0.3) is 11.4 Å². The number of rotatable bonds is 6. The molecule has 27 heavy (non-hydrogen) atoms. The first-order chi connectivity index (χ1) is 13.0. The van der Waals surface area contributed by atoms with Gasteiger partial charge >= 0.3 is 6.03 Å². The summed E-state index contributed by atoms with van der Waals surface area (Å²) in [7, 11) is 3.10. The van der Waals surface area contributed by atoms with Crippen LogP contribution < -0.4 is 14.8 Å². The zero-order valence-electron chi connectivity index (χ0n) is 15.3. The molecule has 1 aromatic carbocycles. The van der Waals surface area contributed by atoms with Crippen LogP contribution >= 0.6 is 0 Å². The van der Waals surface area contributed by atoms with Gasteiger partial charge in [0.25, 0.3) is 5.91 Å². The Morgan fingerprint density at radius 1 is 1.30 bits per heavy atom. The van der Waals surface area contributed by atoms with Gasteiger partial charge in [-0.3, -0.25) is 9.69 Å². The molecule has 2 fully saturated rings. The van der Waals surface area contributed by atoms with E-state index in [0.717, 1.165) is 17.7 Å². The lowest BCUT2D eigenvalue weighted by Gasteiger charge is -2.20. The Hall–Kier alpha value is -3.10. The number of amides is 3. The van der Waals surface area contributed by atoms with E-state index in [-0.39, 0.29) is 24.3 Å². The molecule has 9 nitrogen and oxygen atoms in total. The highest BCUT2D eigenvalue weighted by molar-refractivity contribution is 6.07. The van der Waals surface area contributed by atoms with Gasteiger partial charge in [-0.1, -0.05) is 5.16 Å². The van der Waals surface area contributed by atoms with Crippen molar-refractivity contribution in [3.63, 3.8) is 0 Å². The molecule has 0 radical (unpaired) electrons. The van der Waals surface area contributed by atoms with E-state index in [2.05, 4.69) is 15.5 Å². The maximum atomic E-state index is 12.7. The van der Waals surface area contributed by atoms with Crippen molar-refractivity contribution < 1.29 is 23.6 Å². The van der Waals surface area contributed by atoms with Crippen molar-refractivity contribution in [3.8, 4) is 22.9 Å². The van der Waals surface area contributed by atoms with Gasteiger partial charge in [0, 0.05) is 6.07 Å². The molecule has 0 unspecified atom stereocenters. The highest BCUT2D eigenvalue weighted by atomic mass is 16.5. The number of urea groups is 1. The highest BCUT2D eigenvalue weighted by Gasteiger charge is 2.56. The largest absolute Gasteiger partial charge is 0.497 e. The predicted molar refractivity (Wildman–Crippen MR) is 93.0 cm³/mol. The van der Waals surface area contributed by atoms with Crippen LogP contribution in [0.3, 0.4) is 0 Å². The second-order valence-electron chi connectivity index (χ2n) is 6.88. The quantitative estimate of drug-likeness (QED) is 0.773. The first-order valence-electron chi connectivity index (χ1n) is 8.65. The minimum Gasteiger partial charge on any atom is -0.497 e. The monoisotopic (exact) mass is 372 g/mol. The minimum atomic E-state index is -0.834. The summed E-state index contributed by atoms with van der Waals surface area (Å²) in [6.07, 6.45) is 1.89. The van der Waals surface area contributed by atoms with Crippen LogP contribution in [0.2, 0.25) is 0 Å². The van der Waals surface area contributed by atoms with Crippen molar-refractivity contribution in [2.45, 2.75) is 31.8 Å². The van der Waals surface area contributed by atoms with Crippen LogP contribution in [-0.4, -0.2) is 46.7 Å². The van der Waals surface area contributed by atoms with E-state index in [1.165, 1.54) is 7.11 Å². The summed E-state index contributed by atoms with van der Waals surface area (Å²) < 4.78 is 15.8. The lowest BCUT2D eigenvalue weighted by molar-refractivity contribution is -0.132. The Bertz CT molecular complexity index is 907. The number of benzene rings is 1. The van der Waals surface area contributed by atoms with Crippen LogP contribution in [0.15, 0.2) is 22.7 Å². The molecule has 9 heteroatoms. The van der Waals surface area contributed by atoms with Gasteiger partial charge < -0.3 is 19.3 Å². The molecule has 3 amide bonds. The van der Waals surface area contributed by atoms with Gasteiger partial charge in [0.2, 0.25) is 11.7 Å². The summed E-state index contributed by atoms with van der Waals surface area (Å²) in [5.74, 6) is 1.58. The summed E-state index contributed by atoms with van der Waals surface area (Å²) in [5, 5.41) is 6.75. The molecule has 0 bridgehead atoms. The molecule has 1 aromatic heterocycles. The maximum Gasteiger partial charge on any atom is 0.325 e. The Balaban J connectivity index is 1.55. The van der Waals surface area contributed by atoms with Crippen LogP contribution in [0.5, 0.6) is 11.5 Å². The van der Waals surface area contributed by atoms with Gasteiger partial charge in [-0.25, -0.2) is 4.79 Å². The highest BCUT2D eigenvalue weighted by Crippen LogP contribution is 2.42. The number of aromatic nitrogens is 2. The molecule has 2 aromatic rings. The molecule has 0 spiro atoms. The fraction of sp³-hybridized carbons (Fsp3) is 0.444. The van der Waals surface area contributed by atoms with Gasteiger partial charge in [0.15, 0.2) is 0 Å². The Labute approximate surface area is 155 Å². The van der Waals surface area contributed by atoms with E-state index < -0.39 is 11.6 Å². The van der Waals surface area contributed by atoms with E-state index in [1.54, 1.807) is 32.2 Å². The van der Waals surface area contributed by atoms with Crippen molar-refractivity contribution in [3.05, 3.63) is 24.1 Å².